The molecule has 3 rings (SSSR count). The van der Waals surface area contributed by atoms with Gasteiger partial charge >= 0.3 is 0 Å². The Morgan fingerprint density at radius 2 is 2.30 bits per heavy atom. The van der Waals surface area contributed by atoms with Crippen LogP contribution in [0.3, 0.4) is 0 Å². The number of ether oxygens (including phenoxy) is 1. The van der Waals surface area contributed by atoms with E-state index in [1.54, 1.807) is 23.2 Å². The molecule has 1 aromatic rings. The molecule has 2 heterocycles. The average molecular weight is 315 g/mol. The number of aromatic nitrogens is 1. The Kier molecular flexibility index (Phi) is 3.83. The van der Waals surface area contributed by atoms with Crippen LogP contribution in [0.2, 0.25) is 0 Å². The Labute approximate surface area is 135 Å². The van der Waals surface area contributed by atoms with E-state index < -0.39 is 5.41 Å². The van der Waals surface area contributed by atoms with Gasteiger partial charge in [-0.3, -0.25) is 9.59 Å². The lowest BCUT2D eigenvalue weighted by molar-refractivity contribution is -0.126. The van der Waals surface area contributed by atoms with Crippen molar-refractivity contribution in [2.75, 3.05) is 18.4 Å². The molecule has 122 valence electrons. The van der Waals surface area contributed by atoms with Crippen molar-refractivity contribution in [2.24, 2.45) is 11.3 Å². The summed E-state index contributed by atoms with van der Waals surface area (Å²) in [6.45, 7) is 8.46. The van der Waals surface area contributed by atoms with Gasteiger partial charge in [-0.1, -0.05) is 6.58 Å². The monoisotopic (exact) mass is 315 g/mol. The highest BCUT2D eigenvalue weighted by molar-refractivity contribution is 5.99. The lowest BCUT2D eigenvalue weighted by Gasteiger charge is -2.19. The number of rotatable bonds is 5. The molecule has 0 aromatic carbocycles. The molecule has 1 aliphatic carbocycles. The Bertz CT molecular complexity index is 641. The molecular formula is C17H21N3O3. The Balaban J connectivity index is 1.62. The number of nitrogens with zero attached hydrogens (tertiary/aromatic N) is 2. The van der Waals surface area contributed by atoms with Gasteiger partial charge in [-0.25, -0.2) is 4.98 Å². The highest BCUT2D eigenvalue weighted by Gasteiger charge is 2.65. The van der Waals surface area contributed by atoms with Crippen molar-refractivity contribution in [1.82, 2.24) is 9.88 Å². The van der Waals surface area contributed by atoms with E-state index in [-0.39, 0.29) is 23.8 Å². The minimum absolute atomic E-state index is 0.0406. The van der Waals surface area contributed by atoms with Gasteiger partial charge in [-0.05, 0) is 38.3 Å². The van der Waals surface area contributed by atoms with Crippen LogP contribution in [-0.2, 0) is 9.59 Å². The van der Waals surface area contributed by atoms with E-state index in [2.05, 4.69) is 16.9 Å². The summed E-state index contributed by atoms with van der Waals surface area (Å²) < 4.78 is 5.48. The van der Waals surface area contributed by atoms with Gasteiger partial charge in [-0.15, -0.1) is 0 Å². The topological polar surface area (TPSA) is 71.5 Å². The summed E-state index contributed by atoms with van der Waals surface area (Å²) in [6, 6.07) is 3.51. The normalized spacial score (nSPS) is 25.0. The number of piperidine rings is 1. The summed E-state index contributed by atoms with van der Waals surface area (Å²) in [4.78, 5) is 30.1. The second-order valence-electron chi connectivity index (χ2n) is 6.49. The third kappa shape index (κ3) is 2.93. The lowest BCUT2D eigenvalue weighted by atomic mass is 10.1. The maximum absolute atomic E-state index is 12.6. The molecule has 2 aliphatic rings. The summed E-state index contributed by atoms with van der Waals surface area (Å²) >= 11 is 0. The van der Waals surface area contributed by atoms with E-state index in [4.69, 9.17) is 4.74 Å². The zero-order chi connectivity index (χ0) is 16.6. The van der Waals surface area contributed by atoms with Crippen molar-refractivity contribution in [3.63, 3.8) is 0 Å². The first-order valence-corrected chi connectivity index (χ1v) is 7.80. The lowest BCUT2D eigenvalue weighted by Crippen LogP contribution is -2.34. The fraction of sp³-hybridized carbons (Fsp3) is 0.471. The highest BCUT2D eigenvalue weighted by atomic mass is 16.5. The second-order valence-corrected chi connectivity index (χ2v) is 6.49. The third-order valence-electron chi connectivity index (χ3n) is 4.43. The van der Waals surface area contributed by atoms with Crippen LogP contribution in [0.15, 0.2) is 31.0 Å². The van der Waals surface area contributed by atoms with E-state index >= 15 is 0 Å². The second kappa shape index (κ2) is 5.68. The maximum atomic E-state index is 12.6. The smallest absolute Gasteiger partial charge is 0.245 e. The van der Waals surface area contributed by atoms with Crippen LogP contribution in [0, 0.1) is 11.3 Å². The molecule has 0 spiro atoms. The zero-order valence-electron chi connectivity index (χ0n) is 13.4. The summed E-state index contributed by atoms with van der Waals surface area (Å²) in [5.74, 6) is 0.634. The first-order valence-electron chi connectivity index (χ1n) is 7.80. The fourth-order valence-corrected chi connectivity index (χ4v) is 3.15. The number of carbonyl (C=O) groups is 2. The van der Waals surface area contributed by atoms with Crippen LogP contribution in [0.5, 0.6) is 5.88 Å². The van der Waals surface area contributed by atoms with Crippen LogP contribution in [0.1, 0.15) is 20.3 Å². The van der Waals surface area contributed by atoms with Gasteiger partial charge in [0.15, 0.2) is 0 Å². The predicted molar refractivity (Wildman–Crippen MR) is 85.9 cm³/mol. The SMILES string of the molecule is C=CC(=O)N1CC2CC2(C(=O)Nc2ccc(OC(C)C)nc2)C1. The van der Waals surface area contributed by atoms with Crippen LogP contribution in [0.25, 0.3) is 0 Å². The molecule has 6 heteroatoms. The largest absolute Gasteiger partial charge is 0.475 e. The van der Waals surface area contributed by atoms with Gasteiger partial charge in [-0.2, -0.15) is 0 Å². The van der Waals surface area contributed by atoms with Gasteiger partial charge in [0, 0.05) is 19.2 Å². The minimum atomic E-state index is -0.439. The van der Waals surface area contributed by atoms with E-state index in [1.165, 1.54) is 6.08 Å². The molecule has 2 fully saturated rings. The first-order chi connectivity index (χ1) is 10.9. The number of nitrogens with one attached hydrogen (secondary N) is 1. The zero-order valence-corrected chi connectivity index (χ0v) is 13.4. The van der Waals surface area contributed by atoms with Crippen LogP contribution in [0.4, 0.5) is 5.69 Å². The van der Waals surface area contributed by atoms with Crippen molar-refractivity contribution in [1.29, 1.82) is 0 Å². The summed E-state index contributed by atoms with van der Waals surface area (Å²) in [5, 5.41) is 2.90. The molecule has 1 saturated carbocycles. The first kappa shape index (κ1) is 15.5. The highest BCUT2D eigenvalue weighted by Crippen LogP contribution is 2.58. The van der Waals surface area contributed by atoms with Crippen LogP contribution >= 0.6 is 0 Å². The Morgan fingerprint density at radius 1 is 1.52 bits per heavy atom. The molecule has 1 N–H and O–H groups in total. The van der Waals surface area contributed by atoms with E-state index in [9.17, 15) is 9.59 Å². The molecule has 0 bridgehead atoms. The van der Waals surface area contributed by atoms with Gasteiger partial charge in [0.25, 0.3) is 0 Å². The molecule has 2 atom stereocenters. The van der Waals surface area contributed by atoms with E-state index in [1.807, 2.05) is 13.8 Å². The van der Waals surface area contributed by atoms with Gasteiger partial charge < -0.3 is 15.0 Å². The number of likely N-dealkylation sites (tertiary alicyclic amines) is 1. The molecule has 1 aliphatic heterocycles. The number of hydrogen-bond donors (Lipinski definition) is 1. The summed E-state index contributed by atoms with van der Waals surface area (Å²) in [6.07, 6.45) is 3.78. The summed E-state index contributed by atoms with van der Waals surface area (Å²) in [5.41, 5.74) is 0.200. The van der Waals surface area contributed by atoms with E-state index in [0.717, 1.165) is 6.42 Å². The molecule has 6 nitrogen and oxygen atoms in total. The van der Waals surface area contributed by atoms with Crippen molar-refractivity contribution in [3.8, 4) is 5.88 Å². The standard InChI is InChI=1S/C17H21N3O3/c1-4-15(21)20-9-12-7-17(12,10-20)16(22)19-13-5-6-14(18-8-13)23-11(2)3/h4-6,8,11-12H,1,7,9-10H2,2-3H3,(H,19,22). The predicted octanol–water partition coefficient (Wildman–Crippen LogP) is 1.84. The number of carbonyl (C=O) groups excluding carboxylic acids is 2. The molecule has 0 radical (unpaired) electrons. The maximum Gasteiger partial charge on any atom is 0.245 e. The average Bonchev–Trinajstić information content (AvgIpc) is 3.10. The molecule has 2 amide bonds. The molecule has 1 saturated heterocycles. The molecular weight excluding hydrogens is 294 g/mol. The Hall–Kier alpha value is -2.37. The quantitative estimate of drug-likeness (QED) is 0.842. The fourth-order valence-electron chi connectivity index (χ4n) is 3.15. The van der Waals surface area contributed by atoms with E-state index in [0.29, 0.717) is 24.7 Å². The number of pyridine rings is 1. The Morgan fingerprint density at radius 3 is 2.91 bits per heavy atom. The molecule has 23 heavy (non-hydrogen) atoms. The van der Waals surface area contributed by atoms with Crippen LogP contribution in [-0.4, -0.2) is 40.9 Å². The minimum Gasteiger partial charge on any atom is -0.475 e. The number of fused-ring (bicyclic) bond motifs is 1. The van der Waals surface area contributed by atoms with Crippen LogP contribution < -0.4 is 10.1 Å². The van der Waals surface area contributed by atoms with Crippen molar-refractivity contribution < 1.29 is 14.3 Å². The molecule has 2 unspecified atom stereocenters. The summed E-state index contributed by atoms with van der Waals surface area (Å²) in [7, 11) is 0. The van der Waals surface area contributed by atoms with Crippen molar-refractivity contribution in [2.45, 2.75) is 26.4 Å². The van der Waals surface area contributed by atoms with Crippen molar-refractivity contribution >= 4 is 17.5 Å². The molecule has 1 aromatic heterocycles. The van der Waals surface area contributed by atoms with Gasteiger partial charge in [0.1, 0.15) is 0 Å². The number of hydrogen-bond acceptors (Lipinski definition) is 4. The van der Waals surface area contributed by atoms with Gasteiger partial charge in [0.05, 0.1) is 23.4 Å². The van der Waals surface area contributed by atoms with Gasteiger partial charge in [0.2, 0.25) is 17.7 Å². The number of anilines is 1. The third-order valence-corrected chi connectivity index (χ3v) is 4.43. The van der Waals surface area contributed by atoms with Crippen molar-refractivity contribution in [3.05, 3.63) is 31.0 Å². The number of amides is 2.